The highest BCUT2D eigenvalue weighted by Crippen LogP contribution is 2.12. The minimum absolute atomic E-state index is 0.242. The van der Waals surface area contributed by atoms with E-state index in [1.165, 1.54) is 0 Å². The largest absolute Gasteiger partial charge is 0.497 e. The number of nitrogen functional groups attached to an aromatic ring is 1. The molecular weight excluding hydrogens is 268 g/mol. The van der Waals surface area contributed by atoms with E-state index in [0.29, 0.717) is 18.8 Å². The van der Waals surface area contributed by atoms with Crippen LogP contribution in [0.15, 0.2) is 30.5 Å². The smallest absolute Gasteiger partial charge is 0.273 e. The van der Waals surface area contributed by atoms with Crippen LogP contribution in [0.3, 0.4) is 0 Å². The van der Waals surface area contributed by atoms with Gasteiger partial charge in [-0.05, 0) is 31.0 Å². The topological polar surface area (TPSA) is 82.2 Å². The van der Waals surface area contributed by atoms with Crippen molar-refractivity contribution in [3.63, 3.8) is 0 Å². The quantitative estimate of drug-likeness (QED) is 0.843. The van der Waals surface area contributed by atoms with Crippen LogP contribution < -0.4 is 15.8 Å². The van der Waals surface area contributed by atoms with E-state index in [4.69, 9.17) is 10.5 Å². The van der Waals surface area contributed by atoms with Crippen LogP contribution in [0.25, 0.3) is 0 Å². The molecule has 0 aliphatic rings. The number of anilines is 1. The number of nitrogens with two attached hydrogens (primary N) is 1. The zero-order chi connectivity index (χ0) is 15.2. The molecule has 21 heavy (non-hydrogen) atoms. The third-order valence-electron chi connectivity index (χ3n) is 3.19. The van der Waals surface area contributed by atoms with Crippen LogP contribution in [0.1, 0.15) is 23.0 Å². The lowest BCUT2D eigenvalue weighted by Gasteiger charge is -2.05. The van der Waals surface area contributed by atoms with Crippen molar-refractivity contribution in [2.24, 2.45) is 0 Å². The maximum Gasteiger partial charge on any atom is 0.273 e. The second-order valence-corrected chi connectivity index (χ2v) is 4.64. The summed E-state index contributed by atoms with van der Waals surface area (Å²) in [6, 6.07) is 7.76. The summed E-state index contributed by atoms with van der Waals surface area (Å²) in [6.45, 7) is 3.16. The predicted octanol–water partition coefficient (Wildman–Crippen LogP) is 1.47. The summed E-state index contributed by atoms with van der Waals surface area (Å²) in [4.78, 5) is 12.0. The number of nitrogens with one attached hydrogen (secondary N) is 1. The number of benzene rings is 1. The Labute approximate surface area is 123 Å². The number of hydrogen-bond donors (Lipinski definition) is 2. The summed E-state index contributed by atoms with van der Waals surface area (Å²) in [5, 5.41) is 6.97. The zero-order valence-corrected chi connectivity index (χ0v) is 12.3. The Hall–Kier alpha value is -2.50. The van der Waals surface area contributed by atoms with Gasteiger partial charge < -0.3 is 15.8 Å². The second kappa shape index (κ2) is 6.78. The monoisotopic (exact) mass is 288 g/mol. The first-order valence-electron chi connectivity index (χ1n) is 6.88. The minimum atomic E-state index is -0.242. The van der Waals surface area contributed by atoms with Crippen LogP contribution >= 0.6 is 0 Å². The molecule has 2 aromatic rings. The van der Waals surface area contributed by atoms with E-state index >= 15 is 0 Å². The van der Waals surface area contributed by atoms with Crippen LogP contribution in [0.4, 0.5) is 5.69 Å². The van der Waals surface area contributed by atoms with Crippen molar-refractivity contribution in [1.82, 2.24) is 15.1 Å². The van der Waals surface area contributed by atoms with Gasteiger partial charge in [0.15, 0.2) is 5.69 Å². The SMILES string of the molecule is CCn1cc(N)c(C(=O)NCCc2ccc(OC)cc2)n1. The van der Waals surface area contributed by atoms with Gasteiger partial charge >= 0.3 is 0 Å². The third kappa shape index (κ3) is 3.75. The predicted molar refractivity (Wildman–Crippen MR) is 81.3 cm³/mol. The van der Waals surface area contributed by atoms with Gasteiger partial charge in [0.25, 0.3) is 5.91 Å². The van der Waals surface area contributed by atoms with Gasteiger partial charge in [-0.1, -0.05) is 12.1 Å². The normalized spacial score (nSPS) is 10.4. The van der Waals surface area contributed by atoms with E-state index < -0.39 is 0 Å². The van der Waals surface area contributed by atoms with Gasteiger partial charge in [-0.3, -0.25) is 9.48 Å². The summed E-state index contributed by atoms with van der Waals surface area (Å²) in [5.74, 6) is 0.578. The fraction of sp³-hybridized carbons (Fsp3) is 0.333. The first kappa shape index (κ1) is 14.9. The van der Waals surface area contributed by atoms with Crippen molar-refractivity contribution < 1.29 is 9.53 Å². The lowest BCUT2D eigenvalue weighted by Crippen LogP contribution is -2.27. The highest BCUT2D eigenvalue weighted by Gasteiger charge is 2.13. The first-order valence-corrected chi connectivity index (χ1v) is 6.88. The first-order chi connectivity index (χ1) is 10.1. The minimum Gasteiger partial charge on any atom is -0.497 e. The number of carbonyl (C=O) groups excluding carboxylic acids is 1. The molecule has 0 aliphatic heterocycles. The molecule has 0 saturated heterocycles. The molecule has 0 bridgehead atoms. The Balaban J connectivity index is 1.87. The van der Waals surface area contributed by atoms with Crippen molar-refractivity contribution in [3.8, 4) is 5.75 Å². The van der Waals surface area contributed by atoms with E-state index in [-0.39, 0.29) is 11.6 Å². The van der Waals surface area contributed by atoms with E-state index in [0.717, 1.165) is 17.7 Å². The number of ether oxygens (including phenoxy) is 1. The van der Waals surface area contributed by atoms with Crippen LogP contribution in [-0.2, 0) is 13.0 Å². The molecular formula is C15H20N4O2. The molecule has 0 fully saturated rings. The number of rotatable bonds is 6. The summed E-state index contributed by atoms with van der Waals surface area (Å²) < 4.78 is 6.75. The van der Waals surface area contributed by atoms with Crippen molar-refractivity contribution in [2.45, 2.75) is 19.9 Å². The molecule has 2 rings (SSSR count). The molecule has 112 valence electrons. The fourth-order valence-corrected chi connectivity index (χ4v) is 1.97. The van der Waals surface area contributed by atoms with Crippen LogP contribution in [-0.4, -0.2) is 29.3 Å². The van der Waals surface area contributed by atoms with Gasteiger partial charge in [0.2, 0.25) is 0 Å². The number of aromatic nitrogens is 2. The number of methoxy groups -OCH3 is 1. The Morgan fingerprint density at radius 3 is 2.67 bits per heavy atom. The van der Waals surface area contributed by atoms with Gasteiger partial charge in [-0.2, -0.15) is 5.10 Å². The van der Waals surface area contributed by atoms with Crippen LogP contribution in [0.5, 0.6) is 5.75 Å². The van der Waals surface area contributed by atoms with Crippen molar-refractivity contribution >= 4 is 11.6 Å². The molecule has 0 spiro atoms. The standard InChI is InChI=1S/C15H20N4O2/c1-3-19-10-13(16)14(18-19)15(20)17-9-8-11-4-6-12(21-2)7-5-11/h4-7,10H,3,8-9,16H2,1-2H3,(H,17,20). The lowest BCUT2D eigenvalue weighted by molar-refractivity contribution is 0.0949. The van der Waals surface area contributed by atoms with E-state index in [2.05, 4.69) is 10.4 Å². The second-order valence-electron chi connectivity index (χ2n) is 4.64. The van der Waals surface area contributed by atoms with Crippen molar-refractivity contribution in [1.29, 1.82) is 0 Å². The Kier molecular flexibility index (Phi) is 4.81. The molecule has 0 saturated carbocycles. The van der Waals surface area contributed by atoms with E-state index in [9.17, 15) is 4.79 Å². The van der Waals surface area contributed by atoms with Gasteiger partial charge in [-0.25, -0.2) is 0 Å². The number of carbonyl (C=O) groups is 1. The van der Waals surface area contributed by atoms with Crippen LogP contribution in [0.2, 0.25) is 0 Å². The molecule has 0 unspecified atom stereocenters. The summed E-state index contributed by atoms with van der Waals surface area (Å²) in [6.07, 6.45) is 2.41. The molecule has 1 heterocycles. The third-order valence-corrected chi connectivity index (χ3v) is 3.19. The molecule has 3 N–H and O–H groups in total. The van der Waals surface area contributed by atoms with Gasteiger partial charge in [-0.15, -0.1) is 0 Å². The summed E-state index contributed by atoms with van der Waals surface area (Å²) >= 11 is 0. The Bertz CT molecular complexity index is 605. The number of aryl methyl sites for hydroxylation is 1. The fourth-order valence-electron chi connectivity index (χ4n) is 1.97. The van der Waals surface area contributed by atoms with Crippen molar-refractivity contribution in [2.75, 3.05) is 19.4 Å². The molecule has 1 amide bonds. The van der Waals surface area contributed by atoms with Gasteiger partial charge in [0, 0.05) is 19.3 Å². The molecule has 1 aromatic carbocycles. The molecule has 1 aromatic heterocycles. The van der Waals surface area contributed by atoms with Gasteiger partial charge in [0.05, 0.1) is 12.8 Å². The molecule has 0 aliphatic carbocycles. The van der Waals surface area contributed by atoms with E-state index in [1.807, 2.05) is 31.2 Å². The van der Waals surface area contributed by atoms with Gasteiger partial charge in [0.1, 0.15) is 5.75 Å². The zero-order valence-electron chi connectivity index (χ0n) is 12.3. The molecule has 0 atom stereocenters. The van der Waals surface area contributed by atoms with Crippen molar-refractivity contribution in [3.05, 3.63) is 41.7 Å². The molecule has 6 heteroatoms. The maximum atomic E-state index is 12.0. The Morgan fingerprint density at radius 2 is 2.10 bits per heavy atom. The number of hydrogen-bond acceptors (Lipinski definition) is 4. The Morgan fingerprint density at radius 1 is 1.38 bits per heavy atom. The number of nitrogens with zero attached hydrogens (tertiary/aromatic N) is 2. The van der Waals surface area contributed by atoms with Crippen LogP contribution in [0, 0.1) is 0 Å². The summed E-state index contributed by atoms with van der Waals surface area (Å²) in [5.41, 5.74) is 7.59. The molecule has 6 nitrogen and oxygen atoms in total. The highest BCUT2D eigenvalue weighted by atomic mass is 16.5. The average molecular weight is 288 g/mol. The highest BCUT2D eigenvalue weighted by molar-refractivity contribution is 5.96. The number of amides is 1. The average Bonchev–Trinajstić information content (AvgIpc) is 2.89. The molecule has 0 radical (unpaired) electrons. The lowest BCUT2D eigenvalue weighted by atomic mass is 10.1. The summed E-state index contributed by atoms with van der Waals surface area (Å²) in [7, 11) is 1.63. The van der Waals surface area contributed by atoms with E-state index in [1.54, 1.807) is 18.0 Å². The maximum absolute atomic E-state index is 12.0.